The Kier molecular flexibility index (Phi) is 15.9. The summed E-state index contributed by atoms with van der Waals surface area (Å²) in [6, 6.07) is 21.3. The standard InChI is InChI=1S/C27H25F4N3O3.C26H23F4N3O3/c1-4-24(35)20-7-5-17(11-16(20)2)23-14-33-26-22(32-10-9-27(29,30)31)13-19(15-34(23)26)37-18-6-8-25(36-3)21(28)12-18;1-3-23(34)19-6-4-16(10-15(19)2)22-13-32-25-21(31-9-8-26(28,29)30)12-18(14-33(22)25)36-17-5-7-24(35)20(27)11-17/h5-8,11-15,32H,4,9-10H2,1-3H3;4-7,10-14,31,35H,3,8-9H2,1-2H3. The molecule has 4 aromatic heterocycles. The molecule has 0 unspecified atom stereocenters. The van der Waals surface area contributed by atoms with Gasteiger partial charge in [-0.25, -0.2) is 18.7 Å². The van der Waals surface area contributed by atoms with E-state index in [9.17, 15) is 49.8 Å². The molecule has 0 amide bonds. The van der Waals surface area contributed by atoms with E-state index in [1.165, 1.54) is 37.4 Å². The fourth-order valence-corrected chi connectivity index (χ4v) is 7.79. The van der Waals surface area contributed by atoms with Crippen molar-refractivity contribution in [2.24, 2.45) is 0 Å². The summed E-state index contributed by atoms with van der Waals surface area (Å²) in [5.74, 6) is -1.21. The topological polar surface area (TPSA) is 141 Å². The van der Waals surface area contributed by atoms with Crippen LogP contribution in [-0.2, 0) is 0 Å². The number of methoxy groups -OCH3 is 1. The van der Waals surface area contributed by atoms with Gasteiger partial charge >= 0.3 is 12.4 Å². The highest BCUT2D eigenvalue weighted by Crippen LogP contribution is 2.36. The molecule has 382 valence electrons. The third-order valence-corrected chi connectivity index (χ3v) is 11.4. The molecule has 0 atom stereocenters. The molecule has 0 aliphatic carbocycles. The van der Waals surface area contributed by atoms with Crippen LogP contribution < -0.4 is 24.8 Å². The van der Waals surface area contributed by atoms with Crippen molar-refractivity contribution in [1.82, 2.24) is 18.8 Å². The number of imidazole rings is 2. The summed E-state index contributed by atoms with van der Waals surface area (Å²) in [5.41, 5.74) is 6.92. The van der Waals surface area contributed by atoms with Gasteiger partial charge in [0.15, 0.2) is 46.0 Å². The number of benzene rings is 4. The molecular formula is C53H48F8N6O6. The van der Waals surface area contributed by atoms with Crippen LogP contribution in [0.25, 0.3) is 33.8 Å². The van der Waals surface area contributed by atoms with Gasteiger partial charge in [-0.15, -0.1) is 0 Å². The monoisotopic (exact) mass is 1020 g/mol. The van der Waals surface area contributed by atoms with Gasteiger partial charge in [-0.3, -0.25) is 18.4 Å². The number of phenols is 1. The van der Waals surface area contributed by atoms with E-state index >= 15 is 0 Å². The number of fused-ring (bicyclic) bond motifs is 2. The first kappa shape index (κ1) is 52.7. The van der Waals surface area contributed by atoms with Crippen molar-refractivity contribution >= 4 is 34.2 Å². The van der Waals surface area contributed by atoms with Crippen molar-refractivity contribution in [1.29, 1.82) is 0 Å². The zero-order valence-corrected chi connectivity index (χ0v) is 39.9. The maximum Gasteiger partial charge on any atom is 0.390 e. The number of pyridine rings is 2. The number of rotatable bonds is 17. The second kappa shape index (κ2) is 22.1. The van der Waals surface area contributed by atoms with Gasteiger partial charge < -0.3 is 30.0 Å². The molecule has 8 aromatic rings. The Labute approximate surface area is 413 Å². The van der Waals surface area contributed by atoms with Crippen molar-refractivity contribution in [3.8, 4) is 57.0 Å². The number of Topliss-reactive ketones (excluding diaryl/α,β-unsaturated/α-hetero) is 2. The van der Waals surface area contributed by atoms with Gasteiger partial charge in [-0.2, -0.15) is 26.3 Å². The Morgan fingerprint density at radius 1 is 0.603 bits per heavy atom. The Hall–Kier alpha value is -8.16. The molecule has 20 heteroatoms. The lowest BCUT2D eigenvalue weighted by atomic mass is 9.99. The first-order valence-electron chi connectivity index (χ1n) is 22.7. The SMILES string of the molecule is CCC(=O)c1ccc(-c2cnc3c(NCCC(F)(F)F)cc(Oc4ccc(O)c(F)c4)cn23)cc1C.CCC(=O)c1ccc(-c2cnc3c(NCCC(F)(F)F)cc(Oc4ccc(OC)c(F)c4)cn23)cc1C. The number of hydrogen-bond acceptors (Lipinski definition) is 10. The van der Waals surface area contributed by atoms with Gasteiger partial charge in [0.2, 0.25) is 0 Å². The lowest BCUT2D eigenvalue weighted by Gasteiger charge is -2.14. The third-order valence-electron chi connectivity index (χ3n) is 11.4. The summed E-state index contributed by atoms with van der Waals surface area (Å²) in [7, 11) is 1.35. The summed E-state index contributed by atoms with van der Waals surface area (Å²) in [6.07, 6.45) is -3.61. The minimum absolute atomic E-state index is 0.0187. The number of phenolic OH excluding ortho intramolecular Hbond substituents is 1. The van der Waals surface area contributed by atoms with Crippen LogP contribution in [0.4, 0.5) is 46.5 Å². The maximum atomic E-state index is 14.2. The summed E-state index contributed by atoms with van der Waals surface area (Å²) >= 11 is 0. The number of aryl methyl sites for hydroxylation is 2. The van der Waals surface area contributed by atoms with Gasteiger partial charge in [0.05, 0.1) is 67.5 Å². The molecule has 3 N–H and O–H groups in total. The highest BCUT2D eigenvalue weighted by Gasteiger charge is 2.28. The van der Waals surface area contributed by atoms with Gasteiger partial charge in [0.25, 0.3) is 0 Å². The van der Waals surface area contributed by atoms with E-state index in [2.05, 4.69) is 20.6 Å². The van der Waals surface area contributed by atoms with E-state index in [0.29, 0.717) is 52.3 Å². The molecule has 0 radical (unpaired) electrons. The van der Waals surface area contributed by atoms with E-state index < -0.39 is 42.6 Å². The van der Waals surface area contributed by atoms with E-state index in [4.69, 9.17) is 14.2 Å². The van der Waals surface area contributed by atoms with Crippen LogP contribution in [0, 0.1) is 25.5 Å². The highest BCUT2D eigenvalue weighted by molar-refractivity contribution is 5.98. The first-order chi connectivity index (χ1) is 34.6. The lowest BCUT2D eigenvalue weighted by molar-refractivity contribution is -0.132. The average molecular weight is 1020 g/mol. The summed E-state index contributed by atoms with van der Waals surface area (Å²) in [5, 5.41) is 15.0. The molecule has 12 nitrogen and oxygen atoms in total. The Morgan fingerprint density at radius 3 is 1.42 bits per heavy atom. The summed E-state index contributed by atoms with van der Waals surface area (Å²) in [6.45, 7) is 6.50. The number of nitrogens with zero attached hydrogens (tertiary/aromatic N) is 4. The Bertz CT molecular complexity index is 3310. The number of ketones is 2. The van der Waals surface area contributed by atoms with Crippen LogP contribution in [0.15, 0.2) is 110 Å². The number of carbonyl (C=O) groups excluding carboxylic acids is 2. The van der Waals surface area contributed by atoms with Crippen molar-refractivity contribution in [2.45, 2.75) is 65.7 Å². The number of carbonyl (C=O) groups is 2. The molecule has 8 rings (SSSR count). The normalized spacial score (nSPS) is 11.6. The number of ether oxygens (including phenoxy) is 3. The molecule has 0 saturated heterocycles. The second-order valence-corrected chi connectivity index (χ2v) is 16.7. The second-order valence-electron chi connectivity index (χ2n) is 16.7. The van der Waals surface area contributed by atoms with Crippen molar-refractivity contribution in [2.75, 3.05) is 30.8 Å². The van der Waals surface area contributed by atoms with E-state index in [1.807, 2.05) is 26.0 Å². The minimum atomic E-state index is -4.34. The zero-order chi connectivity index (χ0) is 52.8. The van der Waals surface area contributed by atoms with Crippen LogP contribution >= 0.6 is 0 Å². The fraction of sp³-hybridized carbons (Fsp3) is 0.245. The molecule has 0 spiro atoms. The number of aromatic hydroxyl groups is 1. The van der Waals surface area contributed by atoms with E-state index in [1.54, 1.807) is 71.7 Å². The quantitative estimate of drug-likeness (QED) is 0.0596. The molecule has 0 saturated carbocycles. The van der Waals surface area contributed by atoms with Crippen LogP contribution in [-0.4, -0.2) is 68.0 Å². The largest absolute Gasteiger partial charge is 0.505 e. The van der Waals surface area contributed by atoms with Crippen LogP contribution in [0.2, 0.25) is 0 Å². The smallest absolute Gasteiger partial charge is 0.390 e. The zero-order valence-electron chi connectivity index (χ0n) is 39.9. The molecule has 73 heavy (non-hydrogen) atoms. The van der Waals surface area contributed by atoms with E-state index in [0.717, 1.165) is 40.5 Å². The fourth-order valence-electron chi connectivity index (χ4n) is 7.79. The Morgan fingerprint density at radius 2 is 1.04 bits per heavy atom. The molecule has 4 heterocycles. The number of anilines is 2. The molecule has 0 aliphatic heterocycles. The number of nitrogens with one attached hydrogen (secondary N) is 2. The number of hydrogen-bond donors (Lipinski definition) is 3. The van der Waals surface area contributed by atoms with E-state index in [-0.39, 0.29) is 59.1 Å². The van der Waals surface area contributed by atoms with Crippen molar-refractivity contribution < 1.29 is 64.0 Å². The third kappa shape index (κ3) is 12.8. The van der Waals surface area contributed by atoms with Gasteiger partial charge in [-0.1, -0.05) is 38.1 Å². The van der Waals surface area contributed by atoms with Gasteiger partial charge in [0, 0.05) is 72.5 Å². The summed E-state index contributed by atoms with van der Waals surface area (Å²) in [4.78, 5) is 33.2. The molecule has 0 aliphatic rings. The lowest BCUT2D eigenvalue weighted by Crippen LogP contribution is -2.15. The molecule has 0 fully saturated rings. The Balaban J connectivity index is 0.000000214. The van der Waals surface area contributed by atoms with Crippen LogP contribution in [0.3, 0.4) is 0 Å². The predicted molar refractivity (Wildman–Crippen MR) is 259 cm³/mol. The van der Waals surface area contributed by atoms with Crippen molar-refractivity contribution in [3.63, 3.8) is 0 Å². The number of halogens is 8. The summed E-state index contributed by atoms with van der Waals surface area (Å²) < 4.78 is 124. The minimum Gasteiger partial charge on any atom is -0.505 e. The molecular weight excluding hydrogens is 969 g/mol. The molecule has 0 bridgehead atoms. The number of alkyl halides is 6. The van der Waals surface area contributed by atoms with Gasteiger partial charge in [-0.05, 0) is 61.4 Å². The predicted octanol–water partition coefficient (Wildman–Crippen LogP) is 14.1. The average Bonchev–Trinajstić information content (AvgIpc) is 3.97. The first-order valence-corrected chi connectivity index (χ1v) is 22.7. The maximum absolute atomic E-state index is 14.2. The van der Waals surface area contributed by atoms with Crippen LogP contribution in [0.1, 0.15) is 71.4 Å². The van der Waals surface area contributed by atoms with Gasteiger partial charge in [0.1, 0.15) is 23.0 Å². The number of aromatic nitrogens is 4. The highest BCUT2D eigenvalue weighted by atomic mass is 19.4. The molecule has 4 aromatic carbocycles. The van der Waals surface area contributed by atoms with Crippen LogP contribution in [0.5, 0.6) is 34.5 Å². The van der Waals surface area contributed by atoms with Crippen molar-refractivity contribution in [3.05, 3.63) is 144 Å².